The van der Waals surface area contributed by atoms with Gasteiger partial charge >= 0.3 is 0 Å². The molecular weight excluding hydrogens is 162 g/mol. The third kappa shape index (κ3) is 2.52. The second-order valence-electron chi connectivity index (χ2n) is 4.36. The Bertz CT molecular complexity index is 251. The Labute approximate surface area is 79.6 Å². The summed E-state index contributed by atoms with van der Waals surface area (Å²) in [5.41, 5.74) is 1.03. The molecule has 2 heteroatoms. The van der Waals surface area contributed by atoms with Crippen LogP contribution in [0.2, 0.25) is 0 Å². The van der Waals surface area contributed by atoms with Crippen molar-refractivity contribution in [3.8, 4) is 0 Å². The molecule has 0 bridgehead atoms. The maximum Gasteiger partial charge on any atom is 0.0519 e. The summed E-state index contributed by atoms with van der Waals surface area (Å²) in [6, 6.07) is 5.81. The van der Waals surface area contributed by atoms with Crippen molar-refractivity contribution in [2.24, 2.45) is 5.41 Å². The van der Waals surface area contributed by atoms with Gasteiger partial charge in [-0.05, 0) is 17.5 Å². The Balaban J connectivity index is 2.92. The maximum atomic E-state index is 9.28. The van der Waals surface area contributed by atoms with Crippen LogP contribution in [0.3, 0.4) is 0 Å². The summed E-state index contributed by atoms with van der Waals surface area (Å²) in [5, 5.41) is 9.28. The Hall–Kier alpha value is -0.890. The van der Waals surface area contributed by atoms with Crippen LogP contribution in [0.25, 0.3) is 0 Å². The van der Waals surface area contributed by atoms with Crippen LogP contribution in [0.1, 0.15) is 32.4 Å². The number of pyridine rings is 1. The third-order valence-electron chi connectivity index (χ3n) is 2.27. The van der Waals surface area contributed by atoms with Crippen molar-refractivity contribution >= 4 is 0 Å². The van der Waals surface area contributed by atoms with E-state index < -0.39 is 0 Å². The van der Waals surface area contributed by atoms with Crippen molar-refractivity contribution in [1.29, 1.82) is 0 Å². The molecule has 0 aliphatic carbocycles. The van der Waals surface area contributed by atoms with E-state index in [9.17, 15) is 5.11 Å². The lowest BCUT2D eigenvalue weighted by atomic mass is 9.79. The number of aliphatic hydroxyl groups is 1. The first-order valence-corrected chi connectivity index (χ1v) is 4.57. The molecule has 0 aromatic carbocycles. The van der Waals surface area contributed by atoms with Gasteiger partial charge in [-0.25, -0.2) is 0 Å². The molecule has 1 atom stereocenters. The van der Waals surface area contributed by atoms with Gasteiger partial charge in [-0.1, -0.05) is 26.8 Å². The number of hydrogen-bond acceptors (Lipinski definition) is 2. The number of aliphatic hydroxyl groups excluding tert-OH is 1. The molecule has 0 amide bonds. The Morgan fingerprint density at radius 1 is 1.38 bits per heavy atom. The standard InChI is InChI=1S/C11H17NO/c1-11(2,3)9(8-13)10-6-4-5-7-12-10/h4-7,9,13H,8H2,1-3H3. The lowest BCUT2D eigenvalue weighted by Gasteiger charge is -2.28. The fourth-order valence-electron chi connectivity index (χ4n) is 1.39. The van der Waals surface area contributed by atoms with E-state index in [2.05, 4.69) is 25.8 Å². The minimum atomic E-state index is 0.0586. The largest absolute Gasteiger partial charge is 0.396 e. The van der Waals surface area contributed by atoms with Gasteiger partial charge in [-0.3, -0.25) is 4.98 Å². The zero-order valence-electron chi connectivity index (χ0n) is 8.49. The van der Waals surface area contributed by atoms with Crippen molar-refractivity contribution in [3.05, 3.63) is 30.1 Å². The van der Waals surface area contributed by atoms with Crippen LogP contribution in [-0.2, 0) is 0 Å². The number of rotatable bonds is 2. The topological polar surface area (TPSA) is 33.1 Å². The van der Waals surface area contributed by atoms with Crippen LogP contribution in [0, 0.1) is 5.41 Å². The van der Waals surface area contributed by atoms with Crippen LogP contribution >= 0.6 is 0 Å². The molecule has 0 saturated carbocycles. The molecule has 1 aromatic heterocycles. The SMILES string of the molecule is CC(C)(C)C(CO)c1ccccn1. The normalized spacial score (nSPS) is 14.2. The summed E-state index contributed by atoms with van der Waals surface area (Å²) < 4.78 is 0. The molecule has 1 heterocycles. The average molecular weight is 179 g/mol. The van der Waals surface area contributed by atoms with Crippen LogP contribution < -0.4 is 0 Å². The Kier molecular flexibility index (Phi) is 3.04. The first-order valence-electron chi connectivity index (χ1n) is 4.57. The summed E-state index contributed by atoms with van der Waals surface area (Å²) in [5.74, 6) is 0.119. The van der Waals surface area contributed by atoms with Gasteiger partial charge < -0.3 is 5.11 Å². The van der Waals surface area contributed by atoms with Crippen LogP contribution in [0.15, 0.2) is 24.4 Å². The highest BCUT2D eigenvalue weighted by molar-refractivity contribution is 5.12. The second kappa shape index (κ2) is 3.88. The summed E-state index contributed by atoms with van der Waals surface area (Å²) in [4.78, 5) is 4.26. The van der Waals surface area contributed by atoms with Crippen molar-refractivity contribution in [1.82, 2.24) is 4.98 Å². The molecule has 0 radical (unpaired) electrons. The lowest BCUT2D eigenvalue weighted by molar-refractivity contribution is 0.184. The van der Waals surface area contributed by atoms with E-state index in [1.807, 2.05) is 18.2 Å². The maximum absolute atomic E-state index is 9.28. The summed E-state index contributed by atoms with van der Waals surface area (Å²) in [6.07, 6.45) is 1.77. The molecule has 0 fully saturated rings. The predicted molar refractivity (Wildman–Crippen MR) is 53.5 cm³/mol. The van der Waals surface area contributed by atoms with E-state index in [0.29, 0.717) is 0 Å². The van der Waals surface area contributed by atoms with Gasteiger partial charge in [0, 0.05) is 17.8 Å². The predicted octanol–water partition coefficient (Wildman–Crippen LogP) is 2.20. The highest BCUT2D eigenvalue weighted by Gasteiger charge is 2.26. The molecule has 0 aliphatic heterocycles. The first-order chi connectivity index (χ1) is 6.05. The van der Waals surface area contributed by atoms with Crippen LogP contribution in [-0.4, -0.2) is 16.7 Å². The zero-order chi connectivity index (χ0) is 9.90. The summed E-state index contributed by atoms with van der Waals surface area (Å²) >= 11 is 0. The van der Waals surface area contributed by atoms with Crippen molar-refractivity contribution in [3.63, 3.8) is 0 Å². The van der Waals surface area contributed by atoms with Gasteiger partial charge in [0.2, 0.25) is 0 Å². The van der Waals surface area contributed by atoms with Crippen LogP contribution in [0.5, 0.6) is 0 Å². The first kappa shape index (κ1) is 10.2. The van der Waals surface area contributed by atoms with Gasteiger partial charge in [0.25, 0.3) is 0 Å². The van der Waals surface area contributed by atoms with Crippen molar-refractivity contribution in [2.75, 3.05) is 6.61 Å². The number of aromatic nitrogens is 1. The van der Waals surface area contributed by atoms with Crippen LogP contribution in [0.4, 0.5) is 0 Å². The van der Waals surface area contributed by atoms with E-state index in [4.69, 9.17) is 0 Å². The molecule has 1 rings (SSSR count). The fraction of sp³-hybridized carbons (Fsp3) is 0.545. The zero-order valence-corrected chi connectivity index (χ0v) is 8.49. The highest BCUT2D eigenvalue weighted by Crippen LogP contribution is 2.32. The number of hydrogen-bond donors (Lipinski definition) is 1. The highest BCUT2D eigenvalue weighted by atomic mass is 16.3. The third-order valence-corrected chi connectivity index (χ3v) is 2.27. The summed E-state index contributed by atoms with van der Waals surface area (Å²) in [6.45, 7) is 6.49. The van der Waals surface area contributed by atoms with Gasteiger partial charge in [0.1, 0.15) is 0 Å². The molecular formula is C11H17NO. The monoisotopic (exact) mass is 179 g/mol. The number of nitrogens with zero attached hydrogens (tertiary/aromatic N) is 1. The molecule has 72 valence electrons. The molecule has 1 aromatic rings. The van der Waals surface area contributed by atoms with Gasteiger partial charge in [-0.2, -0.15) is 0 Å². The van der Waals surface area contributed by atoms with E-state index >= 15 is 0 Å². The van der Waals surface area contributed by atoms with E-state index in [0.717, 1.165) is 5.69 Å². The molecule has 0 aliphatic rings. The van der Waals surface area contributed by atoms with Crippen molar-refractivity contribution < 1.29 is 5.11 Å². The molecule has 2 nitrogen and oxygen atoms in total. The lowest BCUT2D eigenvalue weighted by Crippen LogP contribution is -2.22. The van der Waals surface area contributed by atoms with E-state index in [1.54, 1.807) is 6.20 Å². The Morgan fingerprint density at radius 3 is 2.46 bits per heavy atom. The molecule has 1 unspecified atom stereocenters. The fourth-order valence-corrected chi connectivity index (χ4v) is 1.39. The Morgan fingerprint density at radius 2 is 2.08 bits per heavy atom. The second-order valence-corrected chi connectivity index (χ2v) is 4.36. The van der Waals surface area contributed by atoms with E-state index in [-0.39, 0.29) is 17.9 Å². The summed E-state index contributed by atoms with van der Waals surface area (Å²) in [7, 11) is 0. The van der Waals surface area contributed by atoms with Gasteiger partial charge in [0.05, 0.1) is 6.61 Å². The quantitative estimate of drug-likeness (QED) is 0.755. The van der Waals surface area contributed by atoms with E-state index in [1.165, 1.54) is 0 Å². The van der Waals surface area contributed by atoms with Gasteiger partial charge in [0.15, 0.2) is 0 Å². The average Bonchev–Trinajstić information content (AvgIpc) is 2.05. The van der Waals surface area contributed by atoms with Gasteiger partial charge in [-0.15, -0.1) is 0 Å². The molecule has 0 saturated heterocycles. The smallest absolute Gasteiger partial charge is 0.0519 e. The minimum Gasteiger partial charge on any atom is -0.396 e. The molecule has 1 N–H and O–H groups in total. The molecule has 13 heavy (non-hydrogen) atoms. The minimum absolute atomic E-state index is 0.0586. The van der Waals surface area contributed by atoms with Crippen molar-refractivity contribution in [2.45, 2.75) is 26.7 Å². The molecule has 0 spiro atoms.